The predicted octanol–water partition coefficient (Wildman–Crippen LogP) is 3.03. The van der Waals surface area contributed by atoms with Gasteiger partial charge in [-0.1, -0.05) is 36.0 Å². The minimum Gasteiger partial charge on any atom is -0.326 e. The number of carbonyl (C=O) groups excluding carboxylic acids is 2. The molecule has 0 aliphatic carbocycles. The molecule has 2 aromatic rings. The number of nitrogens with zero attached hydrogens (tertiary/aromatic N) is 2. The quantitative estimate of drug-likeness (QED) is 0.659. The third-order valence-corrected chi connectivity index (χ3v) is 6.64. The molecular weight excluding hydrogens is 429 g/mol. The maximum absolute atomic E-state index is 13.0. The molecule has 10 heteroatoms. The highest BCUT2D eigenvalue weighted by atomic mass is 32.2. The van der Waals surface area contributed by atoms with Crippen LogP contribution in [0.5, 0.6) is 0 Å². The van der Waals surface area contributed by atoms with Crippen LogP contribution in [0.4, 0.5) is 10.1 Å². The Hall–Kier alpha value is -2.98. The largest absolute Gasteiger partial charge is 0.326 e. The van der Waals surface area contributed by atoms with E-state index in [1.54, 1.807) is 18.2 Å². The Labute approximate surface area is 177 Å². The summed E-state index contributed by atoms with van der Waals surface area (Å²) in [6.07, 6.45) is 1.25. The lowest BCUT2D eigenvalue weighted by Gasteiger charge is -2.13. The molecule has 1 aliphatic heterocycles. The fourth-order valence-corrected chi connectivity index (χ4v) is 5.05. The molecule has 0 bridgehead atoms. The Balaban J connectivity index is 1.78. The Morgan fingerprint density at radius 3 is 2.50 bits per heavy atom. The van der Waals surface area contributed by atoms with Crippen molar-refractivity contribution in [1.29, 1.82) is 0 Å². The summed E-state index contributed by atoms with van der Waals surface area (Å²) in [5.41, 5.74) is 0.389. The van der Waals surface area contributed by atoms with Gasteiger partial charge in [0.2, 0.25) is 11.8 Å². The van der Waals surface area contributed by atoms with Crippen LogP contribution in [0.25, 0.3) is 0 Å². The monoisotopic (exact) mass is 447 g/mol. The summed E-state index contributed by atoms with van der Waals surface area (Å²) in [5, 5.41) is 1.74. The number of sulfonamides is 1. The second-order valence-electron chi connectivity index (χ2n) is 6.27. The molecule has 1 aliphatic rings. The maximum Gasteiger partial charge on any atom is 0.284 e. The lowest BCUT2D eigenvalue weighted by atomic mass is 10.2. The van der Waals surface area contributed by atoms with Crippen LogP contribution in [-0.2, 0) is 19.6 Å². The van der Waals surface area contributed by atoms with Crippen molar-refractivity contribution in [3.8, 4) is 0 Å². The van der Waals surface area contributed by atoms with Crippen molar-refractivity contribution >= 4 is 44.5 Å². The highest BCUT2D eigenvalue weighted by Crippen LogP contribution is 2.31. The Morgan fingerprint density at radius 2 is 1.87 bits per heavy atom. The van der Waals surface area contributed by atoms with E-state index in [-0.39, 0.29) is 23.0 Å². The van der Waals surface area contributed by atoms with Crippen molar-refractivity contribution in [1.82, 2.24) is 4.90 Å². The minimum absolute atomic E-state index is 0.00149. The summed E-state index contributed by atoms with van der Waals surface area (Å²) in [4.78, 5) is 26.2. The molecule has 3 rings (SSSR count). The lowest BCUT2D eigenvalue weighted by molar-refractivity contribution is -0.127. The minimum atomic E-state index is -4.02. The molecule has 1 N–H and O–H groups in total. The molecule has 0 unspecified atom stereocenters. The highest BCUT2D eigenvalue weighted by Gasteiger charge is 2.39. The first-order valence-electron chi connectivity index (χ1n) is 8.84. The summed E-state index contributed by atoms with van der Waals surface area (Å²) < 4.78 is 41.9. The van der Waals surface area contributed by atoms with Gasteiger partial charge in [-0.05, 0) is 36.4 Å². The van der Waals surface area contributed by atoms with E-state index in [9.17, 15) is 22.4 Å². The van der Waals surface area contributed by atoms with Crippen molar-refractivity contribution in [2.24, 2.45) is 4.40 Å². The average molecular weight is 448 g/mol. The van der Waals surface area contributed by atoms with Crippen LogP contribution in [0.2, 0.25) is 0 Å². The number of amides is 2. The summed E-state index contributed by atoms with van der Waals surface area (Å²) >= 11 is 0.908. The number of rotatable bonds is 7. The first-order chi connectivity index (χ1) is 14.3. The van der Waals surface area contributed by atoms with Gasteiger partial charge < -0.3 is 5.32 Å². The number of anilines is 1. The van der Waals surface area contributed by atoms with E-state index in [1.165, 1.54) is 47.4 Å². The number of hydrogen-bond donors (Lipinski definition) is 1. The molecule has 0 aromatic heterocycles. The highest BCUT2D eigenvalue weighted by molar-refractivity contribution is 8.16. The van der Waals surface area contributed by atoms with Crippen LogP contribution >= 0.6 is 11.8 Å². The smallest absolute Gasteiger partial charge is 0.284 e. The molecule has 0 spiro atoms. The molecule has 2 aromatic carbocycles. The van der Waals surface area contributed by atoms with Gasteiger partial charge in [0.15, 0.2) is 5.17 Å². The third-order valence-electron chi connectivity index (χ3n) is 4.07. The zero-order valence-corrected chi connectivity index (χ0v) is 17.3. The van der Waals surface area contributed by atoms with Crippen LogP contribution in [0.15, 0.2) is 76.5 Å². The summed E-state index contributed by atoms with van der Waals surface area (Å²) in [6, 6.07) is 12.9. The van der Waals surface area contributed by atoms with Crippen molar-refractivity contribution < 1.29 is 22.4 Å². The molecule has 0 saturated carbocycles. The SMILES string of the molecule is C=CCN1C(=O)[C@@H](CC(=O)Nc2ccc(F)cc2)SC1=NS(=O)(=O)c1ccccc1. The van der Waals surface area contributed by atoms with E-state index in [1.807, 2.05) is 0 Å². The van der Waals surface area contributed by atoms with Crippen LogP contribution in [-0.4, -0.2) is 42.1 Å². The van der Waals surface area contributed by atoms with Crippen molar-refractivity contribution in [3.63, 3.8) is 0 Å². The Kier molecular flexibility index (Phi) is 6.68. The zero-order valence-electron chi connectivity index (χ0n) is 15.7. The normalized spacial score (nSPS) is 17.9. The topological polar surface area (TPSA) is 95.9 Å². The van der Waals surface area contributed by atoms with E-state index in [4.69, 9.17) is 0 Å². The van der Waals surface area contributed by atoms with E-state index in [2.05, 4.69) is 16.3 Å². The lowest BCUT2D eigenvalue weighted by Crippen LogP contribution is -2.33. The molecular formula is C20H18FN3O4S2. The van der Waals surface area contributed by atoms with E-state index in [0.717, 1.165) is 11.8 Å². The molecule has 156 valence electrons. The second kappa shape index (κ2) is 9.23. The Morgan fingerprint density at radius 1 is 1.20 bits per heavy atom. The fourth-order valence-electron chi connectivity index (χ4n) is 2.67. The number of nitrogens with one attached hydrogen (secondary N) is 1. The molecule has 7 nitrogen and oxygen atoms in total. The predicted molar refractivity (Wildman–Crippen MR) is 114 cm³/mol. The number of carbonyl (C=O) groups is 2. The zero-order chi connectivity index (χ0) is 21.7. The van der Waals surface area contributed by atoms with Crippen LogP contribution in [0.3, 0.4) is 0 Å². The molecule has 2 amide bonds. The van der Waals surface area contributed by atoms with Crippen molar-refractivity contribution in [2.75, 3.05) is 11.9 Å². The van der Waals surface area contributed by atoms with Gasteiger partial charge in [-0.2, -0.15) is 8.42 Å². The maximum atomic E-state index is 13.0. The molecule has 0 radical (unpaired) electrons. The Bertz CT molecular complexity index is 1090. The first kappa shape index (κ1) is 21.7. The van der Waals surface area contributed by atoms with Crippen molar-refractivity contribution in [3.05, 3.63) is 73.1 Å². The average Bonchev–Trinajstić information content (AvgIpc) is 2.99. The summed E-state index contributed by atoms with van der Waals surface area (Å²) in [5.74, 6) is -1.33. The van der Waals surface area contributed by atoms with Crippen LogP contribution < -0.4 is 5.32 Å². The standard InChI is InChI=1S/C20H18FN3O4S2/c1-2-12-24-19(26)17(13-18(25)22-15-10-8-14(21)9-11-15)29-20(24)23-30(27,28)16-6-4-3-5-7-16/h2-11,17H,1,12-13H2,(H,22,25)/t17-/m1/s1. The summed E-state index contributed by atoms with van der Waals surface area (Å²) in [7, 11) is -4.02. The number of amidine groups is 1. The third kappa shape index (κ3) is 5.14. The second-order valence-corrected chi connectivity index (χ2v) is 9.04. The van der Waals surface area contributed by atoms with Gasteiger partial charge in [0.1, 0.15) is 11.1 Å². The van der Waals surface area contributed by atoms with Crippen LogP contribution in [0.1, 0.15) is 6.42 Å². The molecule has 1 saturated heterocycles. The van der Waals surface area contributed by atoms with Gasteiger partial charge in [0.05, 0.1) is 4.90 Å². The van der Waals surface area contributed by atoms with Gasteiger partial charge in [-0.25, -0.2) is 4.39 Å². The first-order valence-corrected chi connectivity index (χ1v) is 11.2. The molecule has 1 fully saturated rings. The molecule has 30 heavy (non-hydrogen) atoms. The number of thioether (sulfide) groups is 1. The van der Waals surface area contributed by atoms with Gasteiger partial charge in [0.25, 0.3) is 10.0 Å². The van der Waals surface area contributed by atoms with Crippen molar-refractivity contribution in [2.45, 2.75) is 16.6 Å². The molecule has 1 heterocycles. The van der Waals surface area contributed by atoms with E-state index >= 15 is 0 Å². The van der Waals surface area contributed by atoms with E-state index < -0.39 is 32.9 Å². The van der Waals surface area contributed by atoms with Crippen LogP contribution in [0, 0.1) is 5.82 Å². The van der Waals surface area contributed by atoms with Gasteiger partial charge in [-0.15, -0.1) is 11.0 Å². The number of halogens is 1. The van der Waals surface area contributed by atoms with Gasteiger partial charge in [0, 0.05) is 18.7 Å². The number of benzene rings is 2. The fraction of sp³-hybridized carbons (Fsp3) is 0.150. The number of hydrogen-bond acceptors (Lipinski definition) is 5. The van der Waals surface area contributed by atoms with Gasteiger partial charge >= 0.3 is 0 Å². The van der Waals surface area contributed by atoms with E-state index in [0.29, 0.717) is 5.69 Å². The summed E-state index contributed by atoms with van der Waals surface area (Å²) in [6.45, 7) is 3.64. The van der Waals surface area contributed by atoms with Gasteiger partial charge in [-0.3, -0.25) is 14.5 Å². The molecule has 1 atom stereocenters.